The summed E-state index contributed by atoms with van der Waals surface area (Å²) in [6.07, 6.45) is 3.10. The molecular formula is C10H8Cl2. The first-order valence-electron chi connectivity index (χ1n) is 3.82. The summed E-state index contributed by atoms with van der Waals surface area (Å²) in [4.78, 5) is 0. The highest BCUT2D eigenvalue weighted by Gasteiger charge is 2.13. The van der Waals surface area contributed by atoms with Gasteiger partial charge in [0.2, 0.25) is 0 Å². The lowest BCUT2D eigenvalue weighted by molar-refractivity contribution is 1.20. The highest BCUT2D eigenvalue weighted by molar-refractivity contribution is 6.35. The van der Waals surface area contributed by atoms with Crippen LogP contribution < -0.4 is 0 Å². The Kier molecular flexibility index (Phi) is 1.90. The van der Waals surface area contributed by atoms with Crippen molar-refractivity contribution in [1.82, 2.24) is 0 Å². The van der Waals surface area contributed by atoms with Gasteiger partial charge in [-0.15, -0.1) is 0 Å². The lowest BCUT2D eigenvalue weighted by Crippen LogP contribution is -1.84. The van der Waals surface area contributed by atoms with Crippen LogP contribution in [0.4, 0.5) is 0 Å². The van der Waals surface area contributed by atoms with E-state index in [1.807, 2.05) is 6.07 Å². The summed E-state index contributed by atoms with van der Waals surface area (Å²) in [5.74, 6) is 0. The average Bonchev–Trinajstić information content (AvgIpc) is 2.29. The molecule has 62 valence electrons. The van der Waals surface area contributed by atoms with E-state index in [2.05, 4.69) is 13.0 Å². The smallest absolute Gasteiger partial charge is 0.0462 e. The van der Waals surface area contributed by atoms with Gasteiger partial charge in [-0.3, -0.25) is 0 Å². The topological polar surface area (TPSA) is 0 Å². The molecule has 12 heavy (non-hydrogen) atoms. The molecule has 0 nitrogen and oxygen atoms in total. The minimum atomic E-state index is 0.713. The maximum atomic E-state index is 6.02. The molecule has 2 heteroatoms. The van der Waals surface area contributed by atoms with Gasteiger partial charge in [-0.05, 0) is 36.6 Å². The second-order valence-electron chi connectivity index (χ2n) is 3.12. The van der Waals surface area contributed by atoms with Gasteiger partial charge in [0.1, 0.15) is 0 Å². The normalized spacial score (nSPS) is 14.4. The maximum absolute atomic E-state index is 6.02. The molecule has 0 spiro atoms. The first-order chi connectivity index (χ1) is 5.66. The molecular weight excluding hydrogens is 191 g/mol. The van der Waals surface area contributed by atoms with Crippen molar-refractivity contribution in [2.24, 2.45) is 0 Å². The standard InChI is InChI=1S/C10H8Cl2/c1-6-2-7-4-8(11)5-10(12)9(7)3-6/h2,4-5H,3H2,1H3. The molecule has 1 aliphatic rings. The monoisotopic (exact) mass is 198 g/mol. The molecule has 0 saturated carbocycles. The lowest BCUT2D eigenvalue weighted by atomic mass is 10.1. The van der Waals surface area contributed by atoms with Gasteiger partial charge < -0.3 is 0 Å². The van der Waals surface area contributed by atoms with Crippen molar-refractivity contribution in [3.8, 4) is 0 Å². The van der Waals surface area contributed by atoms with Gasteiger partial charge in [0, 0.05) is 10.0 Å². The van der Waals surface area contributed by atoms with Crippen LogP contribution in [0, 0.1) is 0 Å². The second kappa shape index (κ2) is 2.79. The number of rotatable bonds is 0. The van der Waals surface area contributed by atoms with E-state index in [1.165, 1.54) is 16.7 Å². The van der Waals surface area contributed by atoms with Crippen molar-refractivity contribution in [2.45, 2.75) is 13.3 Å². The summed E-state index contributed by atoms with van der Waals surface area (Å²) in [5, 5.41) is 1.50. The summed E-state index contributed by atoms with van der Waals surface area (Å²) < 4.78 is 0. The summed E-state index contributed by atoms with van der Waals surface area (Å²) >= 11 is 11.9. The third-order valence-electron chi connectivity index (χ3n) is 2.05. The minimum absolute atomic E-state index is 0.713. The Morgan fingerprint density at radius 1 is 1.25 bits per heavy atom. The van der Waals surface area contributed by atoms with Gasteiger partial charge in [-0.2, -0.15) is 0 Å². The van der Waals surface area contributed by atoms with Crippen LogP contribution in [0.2, 0.25) is 10.0 Å². The number of benzene rings is 1. The molecule has 1 aliphatic carbocycles. The maximum Gasteiger partial charge on any atom is 0.0462 e. The molecule has 0 aliphatic heterocycles. The van der Waals surface area contributed by atoms with Gasteiger partial charge in [-0.25, -0.2) is 0 Å². The zero-order valence-electron chi connectivity index (χ0n) is 6.70. The van der Waals surface area contributed by atoms with E-state index in [1.54, 1.807) is 6.07 Å². The van der Waals surface area contributed by atoms with E-state index in [9.17, 15) is 0 Å². The summed E-state index contributed by atoms with van der Waals surface area (Å²) in [7, 11) is 0. The van der Waals surface area contributed by atoms with Gasteiger partial charge in [0.05, 0.1) is 0 Å². The van der Waals surface area contributed by atoms with Crippen LogP contribution in [0.25, 0.3) is 6.08 Å². The number of fused-ring (bicyclic) bond motifs is 1. The molecule has 0 bridgehead atoms. The van der Waals surface area contributed by atoms with Crippen LogP contribution >= 0.6 is 23.2 Å². The Balaban J connectivity index is 2.61. The first kappa shape index (κ1) is 8.15. The fraction of sp³-hybridized carbons (Fsp3) is 0.200. The van der Waals surface area contributed by atoms with E-state index in [0.717, 1.165) is 11.4 Å². The van der Waals surface area contributed by atoms with E-state index in [4.69, 9.17) is 23.2 Å². The SMILES string of the molecule is CC1=Cc2cc(Cl)cc(Cl)c2C1. The molecule has 1 aromatic rings. The van der Waals surface area contributed by atoms with Crippen LogP contribution in [-0.4, -0.2) is 0 Å². The quantitative estimate of drug-likeness (QED) is 0.593. The largest absolute Gasteiger partial charge is 0.0843 e. The van der Waals surface area contributed by atoms with Crippen molar-refractivity contribution in [3.63, 3.8) is 0 Å². The second-order valence-corrected chi connectivity index (χ2v) is 3.97. The summed E-state index contributed by atoms with van der Waals surface area (Å²) in [6.45, 7) is 2.10. The fourth-order valence-electron chi connectivity index (χ4n) is 1.53. The predicted molar refractivity (Wildman–Crippen MR) is 53.8 cm³/mol. The molecule has 1 aromatic carbocycles. The van der Waals surface area contributed by atoms with Gasteiger partial charge in [-0.1, -0.05) is 34.9 Å². The number of allylic oxidation sites excluding steroid dienone is 1. The van der Waals surface area contributed by atoms with Crippen molar-refractivity contribution in [2.75, 3.05) is 0 Å². The zero-order chi connectivity index (χ0) is 8.72. The van der Waals surface area contributed by atoms with E-state index < -0.39 is 0 Å². The van der Waals surface area contributed by atoms with Crippen molar-refractivity contribution in [3.05, 3.63) is 38.9 Å². The summed E-state index contributed by atoms with van der Waals surface area (Å²) in [6, 6.07) is 3.76. The van der Waals surface area contributed by atoms with Gasteiger partial charge in [0.15, 0.2) is 0 Å². The van der Waals surface area contributed by atoms with Crippen LogP contribution in [0.1, 0.15) is 18.1 Å². The summed E-state index contributed by atoms with van der Waals surface area (Å²) in [5.41, 5.74) is 3.72. The number of halogens is 2. The van der Waals surface area contributed by atoms with Gasteiger partial charge in [0.25, 0.3) is 0 Å². The third kappa shape index (κ3) is 1.26. The highest BCUT2D eigenvalue weighted by atomic mass is 35.5. The Labute approximate surface area is 81.8 Å². The molecule has 0 amide bonds. The van der Waals surface area contributed by atoms with Crippen LogP contribution in [-0.2, 0) is 6.42 Å². The minimum Gasteiger partial charge on any atom is -0.0843 e. The van der Waals surface area contributed by atoms with Gasteiger partial charge >= 0.3 is 0 Å². The molecule has 0 fully saturated rings. The Morgan fingerprint density at radius 3 is 2.75 bits per heavy atom. The third-order valence-corrected chi connectivity index (χ3v) is 2.61. The fourth-order valence-corrected chi connectivity index (χ4v) is 2.11. The highest BCUT2D eigenvalue weighted by Crippen LogP contribution is 2.33. The van der Waals surface area contributed by atoms with E-state index >= 15 is 0 Å². The van der Waals surface area contributed by atoms with Crippen molar-refractivity contribution in [1.29, 1.82) is 0 Å². The molecule has 0 unspecified atom stereocenters. The Hall–Kier alpha value is -0.460. The molecule has 0 radical (unpaired) electrons. The van der Waals surface area contributed by atoms with Crippen molar-refractivity contribution >= 4 is 29.3 Å². The molecule has 0 N–H and O–H groups in total. The van der Waals surface area contributed by atoms with E-state index in [0.29, 0.717) is 5.02 Å². The predicted octanol–water partition coefficient (Wildman–Crippen LogP) is 3.95. The number of hydrogen-bond acceptors (Lipinski definition) is 0. The lowest BCUT2D eigenvalue weighted by Gasteiger charge is -2.01. The number of hydrogen-bond donors (Lipinski definition) is 0. The van der Waals surface area contributed by atoms with Crippen LogP contribution in [0.5, 0.6) is 0 Å². The molecule has 0 atom stereocenters. The molecule has 2 rings (SSSR count). The molecule has 0 saturated heterocycles. The Bertz CT molecular complexity index is 364. The van der Waals surface area contributed by atoms with Crippen LogP contribution in [0.3, 0.4) is 0 Å². The van der Waals surface area contributed by atoms with Crippen molar-refractivity contribution < 1.29 is 0 Å². The van der Waals surface area contributed by atoms with E-state index in [-0.39, 0.29) is 0 Å². The molecule has 0 aromatic heterocycles. The average molecular weight is 199 g/mol. The Morgan fingerprint density at radius 2 is 2.00 bits per heavy atom. The van der Waals surface area contributed by atoms with Crippen LogP contribution in [0.15, 0.2) is 17.7 Å². The zero-order valence-corrected chi connectivity index (χ0v) is 8.21. The first-order valence-corrected chi connectivity index (χ1v) is 4.57. The molecule has 0 heterocycles.